The maximum atomic E-state index is 11.7. The summed E-state index contributed by atoms with van der Waals surface area (Å²) in [7, 11) is 0. The quantitative estimate of drug-likeness (QED) is 0.921. The number of nitrogens with zero attached hydrogens (tertiary/aromatic N) is 1. The fourth-order valence-corrected chi connectivity index (χ4v) is 2.67. The average molecular weight is 297 g/mol. The maximum Gasteiger partial charge on any atom is 0.222 e. The van der Waals surface area contributed by atoms with Gasteiger partial charge in [-0.1, -0.05) is 34.1 Å². The summed E-state index contributed by atoms with van der Waals surface area (Å²) in [4.78, 5) is 13.6. The molecule has 1 aromatic rings. The highest BCUT2D eigenvalue weighted by molar-refractivity contribution is 9.10. The van der Waals surface area contributed by atoms with Crippen molar-refractivity contribution in [3.8, 4) is 0 Å². The molecular weight excluding hydrogens is 280 g/mol. The van der Waals surface area contributed by atoms with Gasteiger partial charge in [-0.05, 0) is 30.5 Å². The molecule has 1 aromatic carbocycles. The molecule has 0 saturated carbocycles. The van der Waals surface area contributed by atoms with Crippen molar-refractivity contribution in [3.05, 3.63) is 34.3 Å². The van der Waals surface area contributed by atoms with Gasteiger partial charge in [0.05, 0.1) is 0 Å². The predicted molar refractivity (Wildman–Crippen MR) is 71.6 cm³/mol. The fourth-order valence-electron chi connectivity index (χ4n) is 2.18. The largest absolute Gasteiger partial charge is 0.342 e. The van der Waals surface area contributed by atoms with Crippen LogP contribution < -0.4 is 5.73 Å². The number of amides is 1. The van der Waals surface area contributed by atoms with E-state index in [1.807, 2.05) is 23.1 Å². The van der Waals surface area contributed by atoms with Crippen LogP contribution in [0.1, 0.15) is 12.0 Å². The van der Waals surface area contributed by atoms with E-state index in [0.29, 0.717) is 18.9 Å². The number of rotatable bonds is 4. The molecule has 17 heavy (non-hydrogen) atoms. The third-order valence-electron chi connectivity index (χ3n) is 3.24. The smallest absolute Gasteiger partial charge is 0.222 e. The number of nitrogens with two attached hydrogens (primary N) is 1. The van der Waals surface area contributed by atoms with Gasteiger partial charge in [-0.3, -0.25) is 4.79 Å². The van der Waals surface area contributed by atoms with E-state index in [2.05, 4.69) is 22.0 Å². The summed E-state index contributed by atoms with van der Waals surface area (Å²) >= 11 is 3.52. The van der Waals surface area contributed by atoms with E-state index >= 15 is 0 Å². The molecule has 0 radical (unpaired) electrons. The van der Waals surface area contributed by atoms with E-state index in [9.17, 15) is 4.79 Å². The summed E-state index contributed by atoms with van der Waals surface area (Å²) < 4.78 is 1.11. The highest BCUT2D eigenvalue weighted by atomic mass is 79.9. The zero-order chi connectivity index (χ0) is 12.3. The minimum atomic E-state index is 0.243. The van der Waals surface area contributed by atoms with E-state index in [1.54, 1.807) is 0 Å². The Labute approximate surface area is 110 Å². The number of hydrogen-bond donors (Lipinski definition) is 1. The minimum absolute atomic E-state index is 0.243. The lowest BCUT2D eigenvalue weighted by Crippen LogP contribution is -2.28. The lowest BCUT2D eigenvalue weighted by Gasteiger charge is -2.16. The predicted octanol–water partition coefficient (Wildman–Crippen LogP) is 1.80. The van der Waals surface area contributed by atoms with Crippen LogP contribution in [-0.4, -0.2) is 30.4 Å². The molecule has 2 rings (SSSR count). The summed E-state index contributed by atoms with van der Waals surface area (Å²) in [5, 5.41) is 0. The SMILES string of the molecule is NCC1CC(=O)N(CCc2ccccc2Br)C1. The number of hydrogen-bond acceptors (Lipinski definition) is 2. The summed E-state index contributed by atoms with van der Waals surface area (Å²) in [5.74, 6) is 0.592. The standard InChI is InChI=1S/C13H17BrN2O/c14-12-4-2-1-3-11(12)5-6-16-9-10(8-15)7-13(16)17/h1-4,10H,5-9,15H2. The minimum Gasteiger partial charge on any atom is -0.342 e. The number of carbonyl (C=O) groups is 1. The summed E-state index contributed by atoms with van der Waals surface area (Å²) in [6, 6.07) is 8.14. The molecule has 1 saturated heterocycles. The van der Waals surface area contributed by atoms with Crippen molar-refractivity contribution in [2.45, 2.75) is 12.8 Å². The van der Waals surface area contributed by atoms with Gasteiger partial charge in [-0.25, -0.2) is 0 Å². The van der Waals surface area contributed by atoms with Crippen molar-refractivity contribution < 1.29 is 4.79 Å². The van der Waals surface area contributed by atoms with E-state index in [4.69, 9.17) is 5.73 Å². The van der Waals surface area contributed by atoms with Gasteiger partial charge in [0.2, 0.25) is 5.91 Å². The molecule has 1 aliphatic heterocycles. The van der Waals surface area contributed by atoms with Gasteiger partial charge in [0, 0.05) is 24.0 Å². The van der Waals surface area contributed by atoms with Crippen LogP contribution in [0, 0.1) is 5.92 Å². The Morgan fingerprint density at radius 1 is 1.41 bits per heavy atom. The van der Waals surface area contributed by atoms with Crippen molar-refractivity contribution in [3.63, 3.8) is 0 Å². The van der Waals surface area contributed by atoms with Crippen LogP contribution in [0.3, 0.4) is 0 Å². The van der Waals surface area contributed by atoms with Crippen LogP contribution in [0.4, 0.5) is 0 Å². The monoisotopic (exact) mass is 296 g/mol. The van der Waals surface area contributed by atoms with Crippen LogP contribution in [0.2, 0.25) is 0 Å². The van der Waals surface area contributed by atoms with E-state index in [0.717, 1.165) is 24.0 Å². The normalized spacial score (nSPS) is 20.0. The van der Waals surface area contributed by atoms with Crippen molar-refractivity contribution in [2.75, 3.05) is 19.6 Å². The molecule has 1 fully saturated rings. The van der Waals surface area contributed by atoms with Gasteiger partial charge in [0.1, 0.15) is 0 Å². The van der Waals surface area contributed by atoms with Gasteiger partial charge in [-0.15, -0.1) is 0 Å². The van der Waals surface area contributed by atoms with Gasteiger partial charge < -0.3 is 10.6 Å². The van der Waals surface area contributed by atoms with Crippen LogP contribution >= 0.6 is 15.9 Å². The van der Waals surface area contributed by atoms with Crippen LogP contribution in [0.25, 0.3) is 0 Å². The van der Waals surface area contributed by atoms with Crippen LogP contribution in [-0.2, 0) is 11.2 Å². The van der Waals surface area contributed by atoms with Crippen molar-refractivity contribution in [1.82, 2.24) is 4.90 Å². The van der Waals surface area contributed by atoms with Crippen molar-refractivity contribution in [2.24, 2.45) is 11.7 Å². The summed E-state index contributed by atoms with van der Waals surface area (Å²) in [5.41, 5.74) is 6.85. The van der Waals surface area contributed by atoms with Gasteiger partial charge in [0.15, 0.2) is 0 Å². The Bertz CT molecular complexity index is 408. The first-order chi connectivity index (χ1) is 8.20. The Kier molecular flexibility index (Phi) is 4.18. The first kappa shape index (κ1) is 12.6. The molecule has 0 bridgehead atoms. The molecule has 92 valence electrons. The second-order valence-corrected chi connectivity index (χ2v) is 5.34. The Morgan fingerprint density at radius 2 is 2.18 bits per heavy atom. The highest BCUT2D eigenvalue weighted by Crippen LogP contribution is 2.20. The number of halogens is 1. The lowest BCUT2D eigenvalue weighted by atomic mass is 10.1. The second-order valence-electron chi connectivity index (χ2n) is 4.49. The second kappa shape index (κ2) is 5.65. The molecule has 1 unspecified atom stereocenters. The van der Waals surface area contributed by atoms with E-state index in [1.165, 1.54) is 5.56 Å². The Morgan fingerprint density at radius 3 is 2.82 bits per heavy atom. The van der Waals surface area contributed by atoms with Gasteiger partial charge >= 0.3 is 0 Å². The third kappa shape index (κ3) is 3.07. The molecule has 1 atom stereocenters. The highest BCUT2D eigenvalue weighted by Gasteiger charge is 2.27. The van der Waals surface area contributed by atoms with Crippen molar-refractivity contribution >= 4 is 21.8 Å². The van der Waals surface area contributed by atoms with E-state index in [-0.39, 0.29) is 5.91 Å². The first-order valence-corrected chi connectivity index (χ1v) is 6.71. The summed E-state index contributed by atoms with van der Waals surface area (Å²) in [6.45, 7) is 2.22. The number of likely N-dealkylation sites (tertiary alicyclic amines) is 1. The molecule has 4 heteroatoms. The van der Waals surface area contributed by atoms with Gasteiger partial charge in [-0.2, -0.15) is 0 Å². The Balaban J connectivity index is 1.91. The topological polar surface area (TPSA) is 46.3 Å². The van der Waals surface area contributed by atoms with E-state index < -0.39 is 0 Å². The zero-order valence-electron chi connectivity index (χ0n) is 9.73. The van der Waals surface area contributed by atoms with Crippen molar-refractivity contribution in [1.29, 1.82) is 0 Å². The van der Waals surface area contributed by atoms with Crippen LogP contribution in [0.15, 0.2) is 28.7 Å². The third-order valence-corrected chi connectivity index (χ3v) is 4.01. The molecule has 3 nitrogen and oxygen atoms in total. The maximum absolute atomic E-state index is 11.7. The number of carbonyl (C=O) groups excluding carboxylic acids is 1. The average Bonchev–Trinajstić information content (AvgIpc) is 2.69. The molecular formula is C13H17BrN2O. The summed E-state index contributed by atoms with van der Waals surface area (Å²) in [6.07, 6.45) is 1.51. The lowest BCUT2D eigenvalue weighted by molar-refractivity contribution is -0.127. The molecule has 1 heterocycles. The first-order valence-electron chi connectivity index (χ1n) is 5.92. The zero-order valence-corrected chi connectivity index (χ0v) is 11.3. The molecule has 0 aromatic heterocycles. The molecule has 0 aliphatic carbocycles. The van der Waals surface area contributed by atoms with Crippen LogP contribution in [0.5, 0.6) is 0 Å². The molecule has 0 spiro atoms. The molecule has 1 aliphatic rings. The Hall–Kier alpha value is -0.870. The molecule has 1 amide bonds. The van der Waals surface area contributed by atoms with Gasteiger partial charge in [0.25, 0.3) is 0 Å². The fraction of sp³-hybridized carbons (Fsp3) is 0.462. The molecule has 2 N–H and O–H groups in total. The number of benzene rings is 1.